The van der Waals surface area contributed by atoms with Crippen LogP contribution in [0, 0.1) is 0 Å². The summed E-state index contributed by atoms with van der Waals surface area (Å²) in [6, 6.07) is 0. The molecule has 0 aliphatic heterocycles. The average Bonchev–Trinajstić information content (AvgIpc) is 2.04. The van der Waals surface area contributed by atoms with Gasteiger partial charge in [-0.25, -0.2) is 0 Å². The van der Waals surface area contributed by atoms with Gasteiger partial charge in [0.05, 0.1) is 0 Å². The van der Waals surface area contributed by atoms with Gasteiger partial charge in [-0.05, 0) is 6.72 Å². The molecule has 0 bridgehead atoms. The summed E-state index contributed by atoms with van der Waals surface area (Å²) >= 11 is 0. The molecular weight excluding hydrogens is 126 g/mol. The van der Waals surface area contributed by atoms with Crippen LogP contribution in [0.1, 0.15) is 13.8 Å². The summed E-state index contributed by atoms with van der Waals surface area (Å²) in [5.41, 5.74) is 0.444. The fourth-order valence-electron chi connectivity index (χ4n) is 0.237. The fourth-order valence-corrected chi connectivity index (χ4v) is 0.237. The largest absolute Gasteiger partial charge is 0.298 e. The Kier molecular flexibility index (Phi) is 12.5. The zero-order chi connectivity index (χ0) is 8.41. The molecule has 0 saturated heterocycles. The van der Waals surface area contributed by atoms with Crippen LogP contribution in [-0.4, -0.2) is 13.0 Å². The predicted molar refractivity (Wildman–Crippen MR) is 45.2 cm³/mol. The number of rotatable bonds is 3. The minimum atomic E-state index is 0.444. The Balaban J connectivity index is 0. The Bertz CT molecular complexity index is 126. The maximum Gasteiger partial charge on any atom is 0.151 e. The van der Waals surface area contributed by atoms with Crippen LogP contribution in [0.2, 0.25) is 0 Å². The number of carbonyl (C=O) groups is 1. The molecule has 0 radical (unpaired) electrons. The topological polar surface area (TPSA) is 29.4 Å². The Morgan fingerprint density at radius 1 is 1.50 bits per heavy atom. The third-order valence-corrected chi connectivity index (χ3v) is 0.612. The number of allylic oxidation sites excluding steroid dienone is 2. The van der Waals surface area contributed by atoms with Crippen LogP contribution in [-0.2, 0) is 4.79 Å². The SMILES string of the molecule is C=C/C(C=O)=C\N=C.CC. The van der Waals surface area contributed by atoms with Crippen molar-refractivity contribution in [2.75, 3.05) is 0 Å². The van der Waals surface area contributed by atoms with Crippen LogP contribution in [0.15, 0.2) is 29.4 Å². The van der Waals surface area contributed by atoms with Crippen molar-refractivity contribution < 1.29 is 4.79 Å². The van der Waals surface area contributed by atoms with Crippen LogP contribution < -0.4 is 0 Å². The second-order valence-corrected chi connectivity index (χ2v) is 1.13. The summed E-state index contributed by atoms with van der Waals surface area (Å²) in [6.45, 7) is 10.5. The average molecular weight is 139 g/mol. The molecule has 0 unspecified atom stereocenters. The molecule has 0 aromatic heterocycles. The van der Waals surface area contributed by atoms with Gasteiger partial charge in [-0.15, -0.1) is 0 Å². The minimum absolute atomic E-state index is 0.444. The number of aliphatic imine (C=N–C) groups is 1. The van der Waals surface area contributed by atoms with Crippen LogP contribution in [0.25, 0.3) is 0 Å². The summed E-state index contributed by atoms with van der Waals surface area (Å²) in [7, 11) is 0. The molecule has 2 nitrogen and oxygen atoms in total. The van der Waals surface area contributed by atoms with Gasteiger partial charge >= 0.3 is 0 Å². The Morgan fingerprint density at radius 2 is 2.00 bits per heavy atom. The minimum Gasteiger partial charge on any atom is -0.298 e. The Labute approximate surface area is 62.0 Å². The van der Waals surface area contributed by atoms with Gasteiger partial charge in [0.25, 0.3) is 0 Å². The van der Waals surface area contributed by atoms with Crippen molar-refractivity contribution in [2.24, 2.45) is 4.99 Å². The van der Waals surface area contributed by atoms with Crippen molar-refractivity contribution in [3.8, 4) is 0 Å². The summed E-state index contributed by atoms with van der Waals surface area (Å²) in [6.07, 6.45) is 3.43. The van der Waals surface area contributed by atoms with E-state index in [9.17, 15) is 4.79 Å². The van der Waals surface area contributed by atoms with E-state index >= 15 is 0 Å². The molecular formula is C8H13NO. The summed E-state index contributed by atoms with van der Waals surface area (Å²) in [5, 5.41) is 0. The van der Waals surface area contributed by atoms with Crippen molar-refractivity contribution in [2.45, 2.75) is 13.8 Å². The predicted octanol–water partition coefficient (Wildman–Crippen LogP) is 1.98. The molecule has 0 aliphatic carbocycles. The molecule has 0 aromatic rings. The van der Waals surface area contributed by atoms with Gasteiger partial charge < -0.3 is 0 Å². The summed E-state index contributed by atoms with van der Waals surface area (Å²) in [5.74, 6) is 0. The second-order valence-electron chi connectivity index (χ2n) is 1.13. The molecule has 0 N–H and O–H groups in total. The normalized spacial score (nSPS) is 8.80. The number of nitrogens with zero attached hydrogens (tertiary/aromatic N) is 1. The van der Waals surface area contributed by atoms with Crippen molar-refractivity contribution in [3.05, 3.63) is 24.4 Å². The highest BCUT2D eigenvalue weighted by Crippen LogP contribution is 1.87. The van der Waals surface area contributed by atoms with Gasteiger partial charge in [-0.3, -0.25) is 9.79 Å². The third-order valence-electron chi connectivity index (χ3n) is 0.612. The molecule has 0 aromatic carbocycles. The first-order valence-electron chi connectivity index (χ1n) is 3.08. The number of aldehydes is 1. The first kappa shape index (κ1) is 11.6. The molecule has 0 rings (SSSR count). The first-order chi connectivity index (χ1) is 4.85. The van der Waals surface area contributed by atoms with Gasteiger partial charge in [-0.2, -0.15) is 0 Å². The number of hydrogen-bond acceptors (Lipinski definition) is 2. The zero-order valence-corrected chi connectivity index (χ0v) is 6.50. The van der Waals surface area contributed by atoms with E-state index in [0.29, 0.717) is 11.9 Å². The highest BCUT2D eigenvalue weighted by atomic mass is 16.1. The van der Waals surface area contributed by atoms with Crippen LogP contribution >= 0.6 is 0 Å². The third kappa shape index (κ3) is 6.82. The highest BCUT2D eigenvalue weighted by molar-refractivity contribution is 5.77. The van der Waals surface area contributed by atoms with Gasteiger partial charge in [-0.1, -0.05) is 26.5 Å². The molecule has 0 spiro atoms. The second kappa shape index (κ2) is 10.7. The molecule has 0 atom stereocenters. The van der Waals surface area contributed by atoms with Crippen LogP contribution in [0.3, 0.4) is 0 Å². The Hall–Kier alpha value is -1.18. The van der Waals surface area contributed by atoms with E-state index < -0.39 is 0 Å². The van der Waals surface area contributed by atoms with Crippen molar-refractivity contribution in [3.63, 3.8) is 0 Å². The lowest BCUT2D eigenvalue weighted by atomic mass is 10.3. The number of carbonyl (C=O) groups excluding carboxylic acids is 1. The van der Waals surface area contributed by atoms with E-state index in [2.05, 4.69) is 18.3 Å². The van der Waals surface area contributed by atoms with Crippen molar-refractivity contribution in [1.29, 1.82) is 0 Å². The molecule has 0 aliphatic rings. The lowest BCUT2D eigenvalue weighted by molar-refractivity contribution is -0.104. The molecule has 0 saturated carbocycles. The summed E-state index contributed by atoms with van der Waals surface area (Å²) < 4.78 is 0. The monoisotopic (exact) mass is 139 g/mol. The quantitative estimate of drug-likeness (QED) is 0.254. The van der Waals surface area contributed by atoms with E-state index in [-0.39, 0.29) is 0 Å². The first-order valence-corrected chi connectivity index (χ1v) is 3.08. The van der Waals surface area contributed by atoms with E-state index in [1.807, 2.05) is 13.8 Å². The van der Waals surface area contributed by atoms with E-state index in [0.717, 1.165) is 0 Å². The lowest BCUT2D eigenvalue weighted by Gasteiger charge is -1.78. The van der Waals surface area contributed by atoms with Gasteiger partial charge in [0.1, 0.15) is 0 Å². The fraction of sp³-hybridized carbons (Fsp3) is 0.250. The van der Waals surface area contributed by atoms with E-state index in [4.69, 9.17) is 0 Å². The van der Waals surface area contributed by atoms with Crippen LogP contribution in [0.5, 0.6) is 0 Å². The summed E-state index contributed by atoms with van der Waals surface area (Å²) in [4.78, 5) is 13.3. The standard InChI is InChI=1S/C6H7NO.C2H6/c1-3-6(5-8)4-7-2;1-2/h3-5H,1-2H2;1-2H3/b6-4+;. The van der Waals surface area contributed by atoms with Gasteiger partial charge in [0.15, 0.2) is 6.29 Å². The van der Waals surface area contributed by atoms with E-state index in [1.54, 1.807) is 0 Å². The molecule has 2 heteroatoms. The van der Waals surface area contributed by atoms with E-state index in [1.165, 1.54) is 12.3 Å². The number of hydrogen-bond donors (Lipinski definition) is 0. The maximum absolute atomic E-state index is 9.90. The zero-order valence-electron chi connectivity index (χ0n) is 6.50. The Morgan fingerprint density at radius 3 is 2.10 bits per heavy atom. The van der Waals surface area contributed by atoms with Crippen molar-refractivity contribution in [1.82, 2.24) is 0 Å². The van der Waals surface area contributed by atoms with Gasteiger partial charge in [0, 0.05) is 11.8 Å². The lowest BCUT2D eigenvalue weighted by Crippen LogP contribution is -1.73. The van der Waals surface area contributed by atoms with Crippen molar-refractivity contribution >= 4 is 13.0 Å². The molecule has 0 heterocycles. The van der Waals surface area contributed by atoms with Gasteiger partial charge in [0.2, 0.25) is 0 Å². The highest BCUT2D eigenvalue weighted by Gasteiger charge is 1.80. The molecule has 0 amide bonds. The maximum atomic E-state index is 9.90. The van der Waals surface area contributed by atoms with Crippen LogP contribution in [0.4, 0.5) is 0 Å². The smallest absolute Gasteiger partial charge is 0.151 e. The molecule has 56 valence electrons. The molecule has 10 heavy (non-hydrogen) atoms. The molecule has 0 fully saturated rings.